The lowest BCUT2D eigenvalue weighted by molar-refractivity contribution is -0.132. The molecule has 0 saturated carbocycles. The molecule has 0 aliphatic carbocycles. The van der Waals surface area contributed by atoms with Gasteiger partial charge < -0.3 is 19.9 Å². The van der Waals surface area contributed by atoms with Crippen molar-refractivity contribution in [2.24, 2.45) is 0 Å². The van der Waals surface area contributed by atoms with Gasteiger partial charge in [-0.1, -0.05) is 12.1 Å². The van der Waals surface area contributed by atoms with E-state index in [0.29, 0.717) is 13.1 Å². The first-order valence-electron chi connectivity index (χ1n) is 10.6. The van der Waals surface area contributed by atoms with Gasteiger partial charge in [0.15, 0.2) is 0 Å². The number of nitrogens with zero attached hydrogens (tertiary/aromatic N) is 3. The van der Waals surface area contributed by atoms with Gasteiger partial charge in [-0.2, -0.15) is 0 Å². The van der Waals surface area contributed by atoms with E-state index in [1.165, 1.54) is 0 Å². The number of methoxy groups -OCH3 is 1. The molecule has 2 amide bonds. The van der Waals surface area contributed by atoms with Crippen LogP contribution in [-0.4, -0.2) is 75.0 Å². The van der Waals surface area contributed by atoms with Crippen molar-refractivity contribution in [2.75, 3.05) is 63.6 Å². The van der Waals surface area contributed by atoms with Crippen LogP contribution >= 0.6 is 0 Å². The van der Waals surface area contributed by atoms with E-state index in [4.69, 9.17) is 4.74 Å². The van der Waals surface area contributed by atoms with E-state index in [9.17, 15) is 9.59 Å². The van der Waals surface area contributed by atoms with Crippen LogP contribution in [0, 0.1) is 13.8 Å². The monoisotopic (exact) mass is 424 g/mol. The molecule has 1 aliphatic rings. The summed E-state index contributed by atoms with van der Waals surface area (Å²) in [7, 11) is 3.46. The summed E-state index contributed by atoms with van der Waals surface area (Å²) in [5, 5.41) is 2.95. The standard InChI is InChI=1S/C24H32N4O3/c1-18-5-6-19(2)22(15-18)25-23(29)16-26(3)17-24(30)28-13-11-27(12-14-28)20-7-9-21(31-4)10-8-20/h5-10,15H,11-14,16-17H2,1-4H3,(H,25,29). The maximum atomic E-state index is 12.7. The molecule has 1 saturated heterocycles. The van der Waals surface area contributed by atoms with Gasteiger partial charge in [0.2, 0.25) is 11.8 Å². The number of hydrogen-bond donors (Lipinski definition) is 1. The van der Waals surface area contributed by atoms with Crippen molar-refractivity contribution in [1.29, 1.82) is 0 Å². The molecular formula is C24H32N4O3. The number of rotatable bonds is 7. The highest BCUT2D eigenvalue weighted by molar-refractivity contribution is 5.93. The Hall–Kier alpha value is -3.06. The SMILES string of the molecule is COc1ccc(N2CCN(C(=O)CN(C)CC(=O)Nc3cc(C)ccc3C)CC2)cc1. The van der Waals surface area contributed by atoms with Crippen molar-refractivity contribution in [1.82, 2.24) is 9.80 Å². The average molecular weight is 425 g/mol. The summed E-state index contributed by atoms with van der Waals surface area (Å²) in [4.78, 5) is 31.0. The van der Waals surface area contributed by atoms with Crippen molar-refractivity contribution in [2.45, 2.75) is 13.8 Å². The van der Waals surface area contributed by atoms with E-state index in [0.717, 1.165) is 41.3 Å². The number of likely N-dealkylation sites (N-methyl/N-ethyl adjacent to an activating group) is 1. The van der Waals surface area contributed by atoms with Crippen LogP contribution in [0.1, 0.15) is 11.1 Å². The number of anilines is 2. The first-order chi connectivity index (χ1) is 14.9. The van der Waals surface area contributed by atoms with E-state index in [2.05, 4.69) is 10.2 Å². The van der Waals surface area contributed by atoms with Crippen molar-refractivity contribution in [3.8, 4) is 5.75 Å². The number of nitrogens with one attached hydrogen (secondary N) is 1. The normalized spacial score (nSPS) is 14.0. The minimum Gasteiger partial charge on any atom is -0.497 e. The fourth-order valence-corrected chi connectivity index (χ4v) is 3.70. The molecule has 0 spiro atoms. The van der Waals surface area contributed by atoms with E-state index < -0.39 is 0 Å². The predicted molar refractivity (Wildman–Crippen MR) is 124 cm³/mol. The summed E-state index contributed by atoms with van der Waals surface area (Å²) in [6.07, 6.45) is 0. The third-order valence-electron chi connectivity index (χ3n) is 5.56. The van der Waals surface area contributed by atoms with Crippen LogP contribution in [0.3, 0.4) is 0 Å². The Bertz CT molecular complexity index is 906. The third-order valence-corrected chi connectivity index (χ3v) is 5.56. The van der Waals surface area contributed by atoms with Gasteiger partial charge in [0, 0.05) is 37.6 Å². The molecule has 7 nitrogen and oxygen atoms in total. The predicted octanol–water partition coefficient (Wildman–Crippen LogP) is 2.53. The minimum absolute atomic E-state index is 0.0522. The topological polar surface area (TPSA) is 65.1 Å². The van der Waals surface area contributed by atoms with Crippen LogP contribution in [0.5, 0.6) is 5.75 Å². The molecular weight excluding hydrogens is 392 g/mol. The zero-order chi connectivity index (χ0) is 22.4. The van der Waals surface area contributed by atoms with Crippen LogP contribution in [0.15, 0.2) is 42.5 Å². The van der Waals surface area contributed by atoms with Gasteiger partial charge in [0.05, 0.1) is 20.2 Å². The van der Waals surface area contributed by atoms with Crippen LogP contribution in [0.25, 0.3) is 0 Å². The number of amides is 2. The Labute approximate surface area is 184 Å². The minimum atomic E-state index is -0.117. The Morgan fingerprint density at radius 1 is 1.00 bits per heavy atom. The largest absolute Gasteiger partial charge is 0.497 e. The Balaban J connectivity index is 1.44. The molecule has 0 radical (unpaired) electrons. The van der Waals surface area contributed by atoms with Gasteiger partial charge in [-0.05, 0) is 62.4 Å². The van der Waals surface area contributed by atoms with Crippen LogP contribution < -0.4 is 15.0 Å². The van der Waals surface area contributed by atoms with Gasteiger partial charge in [-0.15, -0.1) is 0 Å². The van der Waals surface area contributed by atoms with Gasteiger partial charge in [-0.3, -0.25) is 14.5 Å². The van der Waals surface area contributed by atoms with Crippen molar-refractivity contribution < 1.29 is 14.3 Å². The highest BCUT2D eigenvalue weighted by Gasteiger charge is 2.22. The molecule has 0 aromatic heterocycles. The second-order valence-electron chi connectivity index (χ2n) is 8.10. The van der Waals surface area contributed by atoms with E-state index in [-0.39, 0.29) is 24.9 Å². The second kappa shape index (κ2) is 10.3. The Morgan fingerprint density at radius 2 is 1.68 bits per heavy atom. The summed E-state index contributed by atoms with van der Waals surface area (Å²) in [6.45, 7) is 7.28. The summed E-state index contributed by atoms with van der Waals surface area (Å²) in [5.74, 6) is 0.770. The molecule has 1 heterocycles. The fourth-order valence-electron chi connectivity index (χ4n) is 3.70. The molecule has 0 atom stereocenters. The van der Waals surface area contributed by atoms with Crippen LogP contribution in [0.2, 0.25) is 0 Å². The summed E-state index contributed by atoms with van der Waals surface area (Å²) in [5.41, 5.74) is 4.07. The summed E-state index contributed by atoms with van der Waals surface area (Å²) in [6, 6.07) is 13.9. The zero-order valence-corrected chi connectivity index (χ0v) is 18.9. The van der Waals surface area contributed by atoms with Gasteiger partial charge >= 0.3 is 0 Å². The number of ether oxygens (including phenoxy) is 1. The quantitative estimate of drug-likeness (QED) is 0.740. The summed E-state index contributed by atoms with van der Waals surface area (Å²) >= 11 is 0. The second-order valence-corrected chi connectivity index (χ2v) is 8.10. The molecule has 1 fully saturated rings. The van der Waals surface area contributed by atoms with E-state index in [1.54, 1.807) is 19.1 Å². The molecule has 0 bridgehead atoms. The first kappa shape index (κ1) is 22.6. The Kier molecular flexibility index (Phi) is 7.52. The summed E-state index contributed by atoms with van der Waals surface area (Å²) < 4.78 is 5.21. The Morgan fingerprint density at radius 3 is 2.32 bits per heavy atom. The molecule has 2 aromatic rings. The number of carbonyl (C=O) groups excluding carboxylic acids is 2. The van der Waals surface area contributed by atoms with Gasteiger partial charge in [-0.25, -0.2) is 0 Å². The number of piperazine rings is 1. The molecule has 7 heteroatoms. The number of aryl methyl sites for hydroxylation is 2. The van der Waals surface area contributed by atoms with Crippen LogP contribution in [-0.2, 0) is 9.59 Å². The maximum Gasteiger partial charge on any atom is 0.238 e. The number of benzene rings is 2. The highest BCUT2D eigenvalue weighted by Crippen LogP contribution is 2.20. The van der Waals surface area contributed by atoms with Gasteiger partial charge in [0.25, 0.3) is 0 Å². The molecule has 0 unspecified atom stereocenters. The average Bonchev–Trinajstić information content (AvgIpc) is 2.76. The van der Waals surface area contributed by atoms with Crippen molar-refractivity contribution >= 4 is 23.2 Å². The van der Waals surface area contributed by atoms with Gasteiger partial charge in [0.1, 0.15) is 5.75 Å². The van der Waals surface area contributed by atoms with E-state index in [1.807, 2.05) is 61.2 Å². The number of carbonyl (C=O) groups is 2. The fraction of sp³-hybridized carbons (Fsp3) is 0.417. The molecule has 1 N–H and O–H groups in total. The zero-order valence-electron chi connectivity index (χ0n) is 18.9. The first-order valence-corrected chi connectivity index (χ1v) is 10.6. The molecule has 1 aliphatic heterocycles. The lowest BCUT2D eigenvalue weighted by atomic mass is 10.1. The molecule has 3 rings (SSSR count). The van der Waals surface area contributed by atoms with E-state index >= 15 is 0 Å². The number of hydrogen-bond acceptors (Lipinski definition) is 5. The maximum absolute atomic E-state index is 12.7. The molecule has 31 heavy (non-hydrogen) atoms. The van der Waals surface area contributed by atoms with Crippen molar-refractivity contribution in [3.63, 3.8) is 0 Å². The lowest BCUT2D eigenvalue weighted by Crippen LogP contribution is -2.51. The van der Waals surface area contributed by atoms with Crippen LogP contribution in [0.4, 0.5) is 11.4 Å². The highest BCUT2D eigenvalue weighted by atomic mass is 16.5. The lowest BCUT2D eigenvalue weighted by Gasteiger charge is -2.36. The smallest absolute Gasteiger partial charge is 0.238 e. The molecule has 166 valence electrons. The molecule has 2 aromatic carbocycles. The van der Waals surface area contributed by atoms with Crippen molar-refractivity contribution in [3.05, 3.63) is 53.6 Å². The third kappa shape index (κ3) is 6.21.